The van der Waals surface area contributed by atoms with Crippen LogP contribution in [0.2, 0.25) is 0 Å². The van der Waals surface area contributed by atoms with E-state index in [-0.39, 0.29) is 23.8 Å². The molecule has 0 unspecified atom stereocenters. The number of aromatic amines is 2. The number of aromatic nitrogens is 3. The molecule has 2 heterocycles. The van der Waals surface area contributed by atoms with Crippen molar-refractivity contribution >= 4 is 28.3 Å². The fourth-order valence-corrected chi connectivity index (χ4v) is 3.59. The molecule has 1 amide bonds. The molecule has 0 aliphatic carbocycles. The van der Waals surface area contributed by atoms with Gasteiger partial charge in [-0.1, -0.05) is 44.9 Å². The zero-order chi connectivity index (χ0) is 21.7. The van der Waals surface area contributed by atoms with Gasteiger partial charge in [-0.3, -0.25) is 19.1 Å². The molecule has 8 nitrogen and oxygen atoms in total. The molecule has 30 heavy (non-hydrogen) atoms. The highest BCUT2D eigenvalue weighted by atomic mass is 16.2. The maximum Gasteiger partial charge on any atom is 0.330 e. The molecule has 3 rings (SSSR count). The molecule has 2 aromatic heterocycles. The Morgan fingerprint density at radius 1 is 1.13 bits per heavy atom. The number of hydrogen-bond donors (Lipinski definition) is 3. The van der Waals surface area contributed by atoms with Gasteiger partial charge in [0.25, 0.3) is 5.56 Å². The van der Waals surface area contributed by atoms with Gasteiger partial charge < -0.3 is 15.6 Å². The van der Waals surface area contributed by atoms with E-state index in [0.29, 0.717) is 19.5 Å². The van der Waals surface area contributed by atoms with Crippen LogP contribution in [0.25, 0.3) is 10.9 Å². The van der Waals surface area contributed by atoms with Gasteiger partial charge in [0.1, 0.15) is 5.82 Å². The number of carbonyl (C=O) groups is 1. The number of anilines is 2. The van der Waals surface area contributed by atoms with Crippen LogP contribution in [0.5, 0.6) is 0 Å². The Labute approximate surface area is 174 Å². The van der Waals surface area contributed by atoms with E-state index >= 15 is 0 Å². The van der Waals surface area contributed by atoms with Crippen molar-refractivity contribution in [2.45, 2.75) is 52.5 Å². The van der Waals surface area contributed by atoms with Crippen LogP contribution < -0.4 is 21.9 Å². The van der Waals surface area contributed by atoms with Crippen LogP contribution in [0, 0.1) is 0 Å². The Kier molecular flexibility index (Phi) is 6.76. The molecule has 0 aliphatic heterocycles. The third kappa shape index (κ3) is 4.32. The topological polar surface area (TPSA) is 117 Å². The SMILES string of the molecule is CCCCN(C(=O)Cc1c[nH]c2ccccc12)c1c(N)n(CCCC)c(=O)[nH]c1=O. The van der Waals surface area contributed by atoms with Crippen molar-refractivity contribution in [3.05, 3.63) is 56.9 Å². The summed E-state index contributed by atoms with van der Waals surface area (Å²) < 4.78 is 1.35. The first kappa shape index (κ1) is 21.4. The molecule has 0 bridgehead atoms. The second-order valence-electron chi connectivity index (χ2n) is 7.43. The lowest BCUT2D eigenvalue weighted by atomic mass is 10.1. The second-order valence-corrected chi connectivity index (χ2v) is 7.43. The van der Waals surface area contributed by atoms with Crippen molar-refractivity contribution in [2.24, 2.45) is 0 Å². The molecule has 0 fully saturated rings. The van der Waals surface area contributed by atoms with E-state index < -0.39 is 11.2 Å². The van der Waals surface area contributed by atoms with Crippen molar-refractivity contribution in [3.63, 3.8) is 0 Å². The van der Waals surface area contributed by atoms with Crippen molar-refractivity contribution in [1.29, 1.82) is 0 Å². The van der Waals surface area contributed by atoms with Crippen LogP contribution >= 0.6 is 0 Å². The summed E-state index contributed by atoms with van der Waals surface area (Å²) in [5.41, 5.74) is 6.93. The summed E-state index contributed by atoms with van der Waals surface area (Å²) >= 11 is 0. The van der Waals surface area contributed by atoms with Crippen LogP contribution in [0.4, 0.5) is 11.5 Å². The van der Waals surface area contributed by atoms with Gasteiger partial charge in [-0.05, 0) is 24.5 Å². The molecule has 0 atom stereocenters. The highest BCUT2D eigenvalue weighted by Crippen LogP contribution is 2.22. The smallest absolute Gasteiger partial charge is 0.330 e. The van der Waals surface area contributed by atoms with Crippen LogP contribution in [0.15, 0.2) is 40.1 Å². The Balaban J connectivity index is 2.00. The minimum absolute atomic E-state index is 0.0422. The number of para-hydroxylation sites is 1. The number of amides is 1. The number of unbranched alkanes of at least 4 members (excludes halogenated alkanes) is 2. The lowest BCUT2D eigenvalue weighted by Gasteiger charge is -2.24. The predicted octanol–water partition coefficient (Wildman–Crippen LogP) is 2.78. The van der Waals surface area contributed by atoms with E-state index in [2.05, 4.69) is 9.97 Å². The summed E-state index contributed by atoms with van der Waals surface area (Å²) in [4.78, 5) is 45.1. The van der Waals surface area contributed by atoms with Crippen molar-refractivity contribution < 1.29 is 4.79 Å². The van der Waals surface area contributed by atoms with Gasteiger partial charge >= 0.3 is 5.69 Å². The van der Waals surface area contributed by atoms with E-state index in [4.69, 9.17) is 5.73 Å². The monoisotopic (exact) mass is 411 g/mol. The Bertz CT molecular complexity index is 1140. The van der Waals surface area contributed by atoms with E-state index in [1.807, 2.05) is 44.3 Å². The normalized spacial score (nSPS) is 11.1. The number of hydrogen-bond acceptors (Lipinski definition) is 4. The number of H-pyrrole nitrogens is 2. The van der Waals surface area contributed by atoms with Crippen molar-refractivity contribution in [1.82, 2.24) is 14.5 Å². The lowest BCUT2D eigenvalue weighted by Crippen LogP contribution is -2.42. The van der Waals surface area contributed by atoms with E-state index in [9.17, 15) is 14.4 Å². The third-order valence-corrected chi connectivity index (χ3v) is 5.27. The zero-order valence-corrected chi connectivity index (χ0v) is 17.5. The van der Waals surface area contributed by atoms with Crippen LogP contribution in [0.3, 0.4) is 0 Å². The van der Waals surface area contributed by atoms with Crippen LogP contribution in [0.1, 0.15) is 45.1 Å². The first-order chi connectivity index (χ1) is 14.5. The quantitative estimate of drug-likeness (QED) is 0.502. The van der Waals surface area contributed by atoms with Gasteiger partial charge in [-0.15, -0.1) is 0 Å². The molecule has 4 N–H and O–H groups in total. The van der Waals surface area contributed by atoms with Gasteiger partial charge in [-0.2, -0.15) is 0 Å². The zero-order valence-electron chi connectivity index (χ0n) is 17.5. The standard InChI is InChI=1S/C22H29N5O3/c1-3-5-11-26(18(28)13-15-14-24-17-10-8-7-9-16(15)17)19-20(23)27(12-6-4-2)22(30)25-21(19)29/h7-10,14,24H,3-6,11-13,23H2,1-2H3,(H,25,29,30). The maximum atomic E-state index is 13.3. The minimum atomic E-state index is -0.631. The van der Waals surface area contributed by atoms with Crippen molar-refractivity contribution in [3.8, 4) is 0 Å². The van der Waals surface area contributed by atoms with Gasteiger partial charge in [0.15, 0.2) is 5.69 Å². The van der Waals surface area contributed by atoms with Gasteiger partial charge in [0.2, 0.25) is 5.91 Å². The number of nitrogens with zero attached hydrogens (tertiary/aromatic N) is 2. The summed E-state index contributed by atoms with van der Waals surface area (Å²) in [5.74, 6) is -0.188. The highest BCUT2D eigenvalue weighted by Gasteiger charge is 2.24. The third-order valence-electron chi connectivity index (χ3n) is 5.27. The summed E-state index contributed by atoms with van der Waals surface area (Å²) in [7, 11) is 0. The molecule has 0 saturated heterocycles. The second kappa shape index (κ2) is 9.47. The van der Waals surface area contributed by atoms with E-state index in [0.717, 1.165) is 35.7 Å². The fraction of sp³-hybridized carbons (Fsp3) is 0.409. The number of nitrogens with two attached hydrogens (primary N) is 1. The predicted molar refractivity (Wildman–Crippen MR) is 120 cm³/mol. The Morgan fingerprint density at radius 2 is 1.87 bits per heavy atom. The molecule has 0 aliphatic rings. The molecule has 8 heteroatoms. The highest BCUT2D eigenvalue weighted by molar-refractivity contribution is 5.99. The number of nitrogen functional groups attached to an aromatic ring is 1. The van der Waals surface area contributed by atoms with E-state index in [1.165, 1.54) is 9.47 Å². The van der Waals surface area contributed by atoms with Crippen molar-refractivity contribution in [2.75, 3.05) is 17.2 Å². The van der Waals surface area contributed by atoms with E-state index in [1.54, 1.807) is 0 Å². The first-order valence-corrected chi connectivity index (χ1v) is 10.5. The van der Waals surface area contributed by atoms with Crippen LogP contribution in [-0.2, 0) is 17.8 Å². The van der Waals surface area contributed by atoms with Gasteiger partial charge in [0.05, 0.1) is 6.42 Å². The molecule has 0 spiro atoms. The summed E-state index contributed by atoms with van der Waals surface area (Å²) in [6.07, 6.45) is 5.13. The lowest BCUT2D eigenvalue weighted by molar-refractivity contribution is -0.118. The number of benzene rings is 1. The molecule has 3 aromatic rings. The molecular weight excluding hydrogens is 382 g/mol. The number of carbonyl (C=O) groups excluding carboxylic acids is 1. The average molecular weight is 412 g/mol. The summed E-state index contributed by atoms with van der Waals surface area (Å²) in [6, 6.07) is 7.75. The molecule has 0 saturated carbocycles. The molecule has 0 radical (unpaired) electrons. The fourth-order valence-electron chi connectivity index (χ4n) is 3.59. The molecule has 160 valence electrons. The summed E-state index contributed by atoms with van der Waals surface area (Å²) in [5, 5.41) is 0.969. The van der Waals surface area contributed by atoms with Crippen LogP contribution in [-0.4, -0.2) is 27.0 Å². The molecule has 1 aromatic carbocycles. The first-order valence-electron chi connectivity index (χ1n) is 10.5. The summed E-state index contributed by atoms with van der Waals surface area (Å²) in [6.45, 7) is 4.77. The number of nitrogens with one attached hydrogen (secondary N) is 2. The average Bonchev–Trinajstić information content (AvgIpc) is 3.13. The largest absolute Gasteiger partial charge is 0.383 e. The molecular formula is C22H29N5O3. The minimum Gasteiger partial charge on any atom is -0.383 e. The number of fused-ring (bicyclic) bond motifs is 1. The Morgan fingerprint density at radius 3 is 2.60 bits per heavy atom. The van der Waals surface area contributed by atoms with Gasteiger partial charge in [0, 0.05) is 30.2 Å². The van der Waals surface area contributed by atoms with Gasteiger partial charge in [-0.25, -0.2) is 4.79 Å². The number of rotatable bonds is 9. The Hall–Kier alpha value is -3.29. The maximum absolute atomic E-state index is 13.3.